The zero-order chi connectivity index (χ0) is 16.7. The van der Waals surface area contributed by atoms with Crippen molar-refractivity contribution in [3.05, 3.63) is 66.2 Å². The van der Waals surface area contributed by atoms with Crippen molar-refractivity contribution in [3.63, 3.8) is 0 Å². The molecule has 2 aromatic rings. The molecule has 0 aliphatic rings. The maximum Gasteiger partial charge on any atom is 0.276 e. The average Bonchev–Trinajstić information content (AvgIpc) is 2.56. The highest BCUT2D eigenvalue weighted by Gasteiger charge is 2.13. The molecule has 122 valence electrons. The first-order chi connectivity index (χ1) is 11.0. The minimum Gasteiger partial charge on any atom is -0.309 e. The fourth-order valence-corrected chi connectivity index (χ4v) is 2.84. The SMILES string of the molecule is CN(C)CCC(=NNS(=O)(=O)c1ccccc1)c1ccccc1. The lowest BCUT2D eigenvalue weighted by Gasteiger charge is -2.12. The minimum atomic E-state index is -3.65. The number of benzene rings is 2. The van der Waals surface area contributed by atoms with E-state index in [4.69, 9.17) is 0 Å². The van der Waals surface area contributed by atoms with Gasteiger partial charge in [-0.05, 0) is 31.8 Å². The molecule has 0 unspecified atom stereocenters. The maximum absolute atomic E-state index is 12.3. The zero-order valence-corrected chi connectivity index (χ0v) is 14.1. The van der Waals surface area contributed by atoms with Gasteiger partial charge in [0.15, 0.2) is 0 Å². The van der Waals surface area contributed by atoms with Gasteiger partial charge in [-0.3, -0.25) is 0 Å². The van der Waals surface area contributed by atoms with E-state index in [1.54, 1.807) is 30.3 Å². The lowest BCUT2D eigenvalue weighted by Crippen LogP contribution is -2.23. The molecular formula is C17H21N3O2S. The third-order valence-corrected chi connectivity index (χ3v) is 4.48. The predicted octanol–water partition coefficient (Wildman–Crippen LogP) is 2.32. The van der Waals surface area contributed by atoms with E-state index in [2.05, 4.69) is 9.93 Å². The van der Waals surface area contributed by atoms with E-state index < -0.39 is 10.0 Å². The molecule has 0 bridgehead atoms. The molecule has 2 rings (SSSR count). The summed E-state index contributed by atoms with van der Waals surface area (Å²) in [6.07, 6.45) is 0.647. The molecule has 0 aromatic heterocycles. The van der Waals surface area contributed by atoms with Crippen molar-refractivity contribution >= 4 is 15.7 Å². The van der Waals surface area contributed by atoms with Crippen molar-refractivity contribution in [1.29, 1.82) is 0 Å². The van der Waals surface area contributed by atoms with Crippen LogP contribution in [-0.2, 0) is 10.0 Å². The molecule has 0 aliphatic heterocycles. The quantitative estimate of drug-likeness (QED) is 0.626. The Kier molecular flexibility index (Phi) is 5.90. The monoisotopic (exact) mass is 331 g/mol. The molecule has 0 amide bonds. The molecule has 6 heteroatoms. The number of nitrogens with zero attached hydrogens (tertiary/aromatic N) is 2. The second kappa shape index (κ2) is 7.89. The van der Waals surface area contributed by atoms with Crippen molar-refractivity contribution in [3.8, 4) is 0 Å². The van der Waals surface area contributed by atoms with Gasteiger partial charge in [0.2, 0.25) is 0 Å². The molecule has 0 radical (unpaired) electrons. The Bertz CT molecular complexity index is 742. The summed E-state index contributed by atoms with van der Waals surface area (Å²) in [5, 5.41) is 4.17. The van der Waals surface area contributed by atoms with Gasteiger partial charge >= 0.3 is 0 Å². The van der Waals surface area contributed by atoms with Crippen LogP contribution >= 0.6 is 0 Å². The highest BCUT2D eigenvalue weighted by molar-refractivity contribution is 7.89. The smallest absolute Gasteiger partial charge is 0.276 e. The molecule has 0 saturated carbocycles. The molecule has 0 saturated heterocycles. The van der Waals surface area contributed by atoms with Gasteiger partial charge < -0.3 is 4.90 Å². The van der Waals surface area contributed by atoms with Gasteiger partial charge in [-0.25, -0.2) is 0 Å². The molecule has 23 heavy (non-hydrogen) atoms. The van der Waals surface area contributed by atoms with Crippen LogP contribution in [0.15, 0.2) is 70.7 Å². The van der Waals surface area contributed by atoms with Crippen molar-refractivity contribution < 1.29 is 8.42 Å². The number of hydrogen-bond donors (Lipinski definition) is 1. The Morgan fingerprint density at radius 2 is 1.57 bits per heavy atom. The molecular weight excluding hydrogens is 310 g/mol. The van der Waals surface area contributed by atoms with Crippen LogP contribution in [0.5, 0.6) is 0 Å². The third kappa shape index (κ3) is 5.19. The zero-order valence-electron chi connectivity index (χ0n) is 13.3. The van der Waals surface area contributed by atoms with E-state index in [1.807, 2.05) is 49.3 Å². The molecule has 0 spiro atoms. The Morgan fingerprint density at radius 3 is 2.13 bits per heavy atom. The van der Waals surface area contributed by atoms with Crippen LogP contribution in [0.25, 0.3) is 0 Å². The average molecular weight is 331 g/mol. The first-order valence-electron chi connectivity index (χ1n) is 7.32. The Labute approximate surface area is 137 Å². The molecule has 0 atom stereocenters. The topological polar surface area (TPSA) is 61.8 Å². The Hall–Kier alpha value is -2.18. The van der Waals surface area contributed by atoms with E-state index in [0.717, 1.165) is 12.1 Å². The van der Waals surface area contributed by atoms with E-state index in [1.165, 1.54) is 0 Å². The molecule has 2 aromatic carbocycles. The summed E-state index contributed by atoms with van der Waals surface area (Å²) in [5.41, 5.74) is 1.61. The van der Waals surface area contributed by atoms with Gasteiger partial charge in [-0.1, -0.05) is 48.5 Å². The summed E-state index contributed by atoms with van der Waals surface area (Å²) in [6, 6.07) is 17.8. The van der Waals surface area contributed by atoms with E-state index in [0.29, 0.717) is 12.1 Å². The fourth-order valence-electron chi connectivity index (χ4n) is 1.99. The van der Waals surface area contributed by atoms with Crippen LogP contribution < -0.4 is 4.83 Å². The largest absolute Gasteiger partial charge is 0.309 e. The predicted molar refractivity (Wildman–Crippen MR) is 92.9 cm³/mol. The highest BCUT2D eigenvalue weighted by Crippen LogP contribution is 2.09. The van der Waals surface area contributed by atoms with E-state index in [9.17, 15) is 8.42 Å². The second-order valence-corrected chi connectivity index (χ2v) is 7.05. The molecule has 0 fully saturated rings. The highest BCUT2D eigenvalue weighted by atomic mass is 32.2. The lowest BCUT2D eigenvalue weighted by molar-refractivity contribution is 0.422. The van der Waals surface area contributed by atoms with Gasteiger partial charge in [0, 0.05) is 13.0 Å². The van der Waals surface area contributed by atoms with Crippen molar-refractivity contribution in [1.82, 2.24) is 9.73 Å². The van der Waals surface area contributed by atoms with Crippen molar-refractivity contribution in [2.75, 3.05) is 20.6 Å². The summed E-state index contributed by atoms with van der Waals surface area (Å²) in [6.45, 7) is 0.779. The molecule has 0 heterocycles. The fraction of sp³-hybridized carbons (Fsp3) is 0.235. The summed E-state index contributed by atoms with van der Waals surface area (Å²) in [7, 11) is 0.285. The van der Waals surface area contributed by atoms with Crippen LogP contribution in [-0.4, -0.2) is 39.7 Å². The normalized spacial score (nSPS) is 12.4. The summed E-state index contributed by atoms with van der Waals surface area (Å²) < 4.78 is 24.6. The standard InChI is InChI=1S/C17H21N3O2S/c1-20(2)14-13-17(15-9-5-3-6-10-15)18-19-23(21,22)16-11-7-4-8-12-16/h3-12,19H,13-14H2,1-2H3. The number of nitrogens with one attached hydrogen (secondary N) is 1. The van der Waals surface area contributed by atoms with E-state index in [-0.39, 0.29) is 4.90 Å². The minimum absolute atomic E-state index is 0.198. The first-order valence-corrected chi connectivity index (χ1v) is 8.81. The summed E-state index contributed by atoms with van der Waals surface area (Å²) in [5.74, 6) is 0. The van der Waals surface area contributed by atoms with Crippen LogP contribution in [0.3, 0.4) is 0 Å². The van der Waals surface area contributed by atoms with Gasteiger partial charge in [0.1, 0.15) is 0 Å². The van der Waals surface area contributed by atoms with Crippen LogP contribution in [0, 0.1) is 0 Å². The van der Waals surface area contributed by atoms with E-state index >= 15 is 0 Å². The van der Waals surface area contributed by atoms with Crippen LogP contribution in [0.4, 0.5) is 0 Å². The van der Waals surface area contributed by atoms with Crippen molar-refractivity contribution in [2.45, 2.75) is 11.3 Å². The van der Waals surface area contributed by atoms with Gasteiger partial charge in [-0.2, -0.15) is 18.4 Å². The van der Waals surface area contributed by atoms with Gasteiger partial charge in [0.25, 0.3) is 10.0 Å². The van der Waals surface area contributed by atoms with Crippen LogP contribution in [0.2, 0.25) is 0 Å². The lowest BCUT2D eigenvalue weighted by atomic mass is 10.1. The maximum atomic E-state index is 12.3. The molecule has 1 N–H and O–H groups in total. The van der Waals surface area contributed by atoms with Gasteiger partial charge in [-0.15, -0.1) is 0 Å². The first kappa shape index (κ1) is 17.2. The summed E-state index contributed by atoms with van der Waals surface area (Å²) in [4.78, 5) is 4.57. The number of rotatable bonds is 7. The molecule has 5 nitrogen and oxygen atoms in total. The molecule has 0 aliphatic carbocycles. The number of hydrogen-bond acceptors (Lipinski definition) is 4. The number of sulfonamides is 1. The Morgan fingerprint density at radius 1 is 1.00 bits per heavy atom. The number of hydrazone groups is 1. The Balaban J connectivity index is 2.23. The van der Waals surface area contributed by atoms with Gasteiger partial charge in [0.05, 0.1) is 10.6 Å². The van der Waals surface area contributed by atoms with Crippen LogP contribution in [0.1, 0.15) is 12.0 Å². The second-order valence-electron chi connectivity index (χ2n) is 5.39. The van der Waals surface area contributed by atoms with Crippen molar-refractivity contribution in [2.24, 2.45) is 5.10 Å². The summed E-state index contributed by atoms with van der Waals surface area (Å²) >= 11 is 0. The third-order valence-electron chi connectivity index (χ3n) is 3.26.